The molecule has 0 saturated heterocycles. The van der Waals surface area contributed by atoms with Crippen molar-refractivity contribution in [3.05, 3.63) is 16.1 Å². The molecule has 0 aliphatic heterocycles. The molecule has 0 aliphatic carbocycles. The van der Waals surface area contributed by atoms with Crippen LogP contribution in [-0.4, -0.2) is 22.0 Å². The zero-order chi connectivity index (χ0) is 12.8. The summed E-state index contributed by atoms with van der Waals surface area (Å²) in [4.78, 5) is 26.2. The van der Waals surface area contributed by atoms with Gasteiger partial charge in [-0.15, -0.1) is 11.3 Å². The Hall–Kier alpha value is -1.43. The van der Waals surface area contributed by atoms with Crippen molar-refractivity contribution in [1.29, 1.82) is 0 Å². The van der Waals surface area contributed by atoms with Gasteiger partial charge in [0.15, 0.2) is 5.69 Å². The summed E-state index contributed by atoms with van der Waals surface area (Å²) >= 11 is 1.24. The Kier molecular flexibility index (Phi) is 5.09. The second-order valence-electron chi connectivity index (χ2n) is 3.66. The van der Waals surface area contributed by atoms with E-state index >= 15 is 0 Å². The number of carboxylic acids is 1. The molecule has 0 aromatic carbocycles. The fraction of sp³-hybridized carbons (Fsp3) is 0.545. The van der Waals surface area contributed by atoms with E-state index in [-0.39, 0.29) is 17.5 Å². The fourth-order valence-electron chi connectivity index (χ4n) is 1.46. The van der Waals surface area contributed by atoms with Gasteiger partial charge in [0, 0.05) is 11.3 Å². The summed E-state index contributed by atoms with van der Waals surface area (Å²) in [5.41, 5.74) is 0.0294. The number of thiazole rings is 1. The molecule has 1 heterocycles. The third-order valence-corrected chi connectivity index (χ3v) is 3.39. The van der Waals surface area contributed by atoms with E-state index in [1.807, 2.05) is 13.8 Å². The van der Waals surface area contributed by atoms with Gasteiger partial charge in [-0.1, -0.05) is 13.8 Å². The maximum atomic E-state index is 11.7. The second-order valence-corrected chi connectivity index (χ2v) is 4.61. The summed E-state index contributed by atoms with van der Waals surface area (Å²) < 4.78 is 0. The van der Waals surface area contributed by atoms with Crippen LogP contribution in [-0.2, 0) is 11.3 Å². The summed E-state index contributed by atoms with van der Waals surface area (Å²) in [5, 5.41) is 13.6. The minimum atomic E-state index is -1.04. The SMILES string of the molecule is CCC(CC)C(=O)NCc1nc(C(=O)O)cs1. The van der Waals surface area contributed by atoms with E-state index in [9.17, 15) is 9.59 Å². The molecule has 1 aromatic heterocycles. The first kappa shape index (κ1) is 13.6. The van der Waals surface area contributed by atoms with Crippen molar-refractivity contribution in [3.8, 4) is 0 Å². The van der Waals surface area contributed by atoms with Crippen LogP contribution in [0.4, 0.5) is 0 Å². The van der Waals surface area contributed by atoms with Crippen molar-refractivity contribution in [2.45, 2.75) is 33.2 Å². The summed E-state index contributed by atoms with van der Waals surface area (Å²) in [7, 11) is 0. The lowest BCUT2D eigenvalue weighted by molar-refractivity contribution is -0.125. The molecule has 0 aliphatic rings. The van der Waals surface area contributed by atoms with Crippen molar-refractivity contribution >= 4 is 23.2 Å². The van der Waals surface area contributed by atoms with Crippen LogP contribution in [0.1, 0.15) is 42.2 Å². The van der Waals surface area contributed by atoms with Crippen molar-refractivity contribution in [2.75, 3.05) is 0 Å². The molecule has 0 saturated carbocycles. The summed E-state index contributed by atoms with van der Waals surface area (Å²) in [5.74, 6) is -1.02. The van der Waals surface area contributed by atoms with Gasteiger partial charge in [-0.3, -0.25) is 4.79 Å². The first-order chi connectivity index (χ1) is 8.08. The molecule has 0 fully saturated rings. The van der Waals surface area contributed by atoms with Crippen LogP contribution < -0.4 is 5.32 Å². The van der Waals surface area contributed by atoms with Crippen LogP contribution in [0, 0.1) is 5.92 Å². The van der Waals surface area contributed by atoms with Gasteiger partial charge < -0.3 is 10.4 Å². The van der Waals surface area contributed by atoms with Crippen LogP contribution in [0.5, 0.6) is 0 Å². The number of rotatable bonds is 6. The Morgan fingerprint density at radius 2 is 2.12 bits per heavy atom. The Balaban J connectivity index is 2.49. The van der Waals surface area contributed by atoms with Gasteiger partial charge >= 0.3 is 5.97 Å². The predicted octanol–water partition coefficient (Wildman–Crippen LogP) is 1.89. The number of nitrogens with one attached hydrogen (secondary N) is 1. The molecule has 94 valence electrons. The van der Waals surface area contributed by atoms with E-state index in [1.165, 1.54) is 16.7 Å². The molecular formula is C11H16N2O3S. The molecule has 1 amide bonds. The van der Waals surface area contributed by atoms with Gasteiger partial charge in [0.25, 0.3) is 0 Å². The topological polar surface area (TPSA) is 79.3 Å². The van der Waals surface area contributed by atoms with E-state index in [1.54, 1.807) is 0 Å². The molecule has 5 nitrogen and oxygen atoms in total. The number of amides is 1. The molecule has 0 unspecified atom stereocenters. The van der Waals surface area contributed by atoms with E-state index in [0.29, 0.717) is 11.6 Å². The van der Waals surface area contributed by atoms with E-state index in [0.717, 1.165) is 12.8 Å². The first-order valence-corrected chi connectivity index (χ1v) is 6.41. The van der Waals surface area contributed by atoms with Crippen LogP contribution in [0.15, 0.2) is 5.38 Å². The maximum Gasteiger partial charge on any atom is 0.355 e. The van der Waals surface area contributed by atoms with Gasteiger partial charge in [0.2, 0.25) is 5.91 Å². The van der Waals surface area contributed by atoms with Gasteiger partial charge in [-0.2, -0.15) is 0 Å². The average Bonchev–Trinajstić information content (AvgIpc) is 2.76. The standard InChI is InChI=1S/C11H16N2O3S/c1-3-7(4-2)10(14)12-5-9-13-8(6-17-9)11(15)16/h6-7H,3-5H2,1-2H3,(H,12,14)(H,15,16). The number of hydrogen-bond acceptors (Lipinski definition) is 4. The molecule has 0 radical (unpaired) electrons. The van der Waals surface area contributed by atoms with Crippen molar-refractivity contribution in [1.82, 2.24) is 10.3 Å². The Morgan fingerprint density at radius 1 is 1.47 bits per heavy atom. The first-order valence-electron chi connectivity index (χ1n) is 5.53. The highest BCUT2D eigenvalue weighted by atomic mass is 32.1. The number of carboxylic acid groups (broad SMARTS) is 1. The minimum Gasteiger partial charge on any atom is -0.476 e. The largest absolute Gasteiger partial charge is 0.476 e. The lowest BCUT2D eigenvalue weighted by atomic mass is 10.0. The fourth-order valence-corrected chi connectivity index (χ4v) is 2.16. The van der Waals surface area contributed by atoms with Crippen LogP contribution in [0.25, 0.3) is 0 Å². The second kappa shape index (κ2) is 6.34. The summed E-state index contributed by atoms with van der Waals surface area (Å²) in [6.07, 6.45) is 1.61. The predicted molar refractivity (Wildman–Crippen MR) is 65.0 cm³/mol. The van der Waals surface area contributed by atoms with Gasteiger partial charge in [-0.25, -0.2) is 9.78 Å². The monoisotopic (exact) mass is 256 g/mol. The lowest BCUT2D eigenvalue weighted by Gasteiger charge is -2.11. The third kappa shape index (κ3) is 3.81. The zero-order valence-corrected chi connectivity index (χ0v) is 10.7. The summed E-state index contributed by atoms with van der Waals surface area (Å²) in [6.45, 7) is 4.24. The number of hydrogen-bond donors (Lipinski definition) is 2. The lowest BCUT2D eigenvalue weighted by Crippen LogP contribution is -2.29. The molecule has 6 heteroatoms. The summed E-state index contributed by atoms with van der Waals surface area (Å²) in [6, 6.07) is 0. The molecule has 2 N–H and O–H groups in total. The van der Waals surface area contributed by atoms with E-state index < -0.39 is 5.97 Å². The molecule has 1 aromatic rings. The van der Waals surface area contributed by atoms with Crippen molar-refractivity contribution in [2.24, 2.45) is 5.92 Å². The number of carbonyl (C=O) groups is 2. The highest BCUT2D eigenvalue weighted by molar-refractivity contribution is 7.09. The van der Waals surface area contributed by atoms with Crippen molar-refractivity contribution in [3.63, 3.8) is 0 Å². The molecule has 1 rings (SSSR count). The molecule has 0 spiro atoms. The molecule has 0 atom stereocenters. The van der Waals surface area contributed by atoms with Crippen LogP contribution >= 0.6 is 11.3 Å². The van der Waals surface area contributed by atoms with Gasteiger partial charge in [0.05, 0.1) is 6.54 Å². The molecule has 17 heavy (non-hydrogen) atoms. The number of nitrogens with zero attached hydrogens (tertiary/aromatic N) is 1. The number of carbonyl (C=O) groups excluding carboxylic acids is 1. The maximum absolute atomic E-state index is 11.7. The van der Waals surface area contributed by atoms with Crippen molar-refractivity contribution < 1.29 is 14.7 Å². The normalized spacial score (nSPS) is 10.5. The Bertz CT molecular complexity index is 399. The minimum absolute atomic E-state index is 0.00192. The van der Waals surface area contributed by atoms with Gasteiger partial charge in [-0.05, 0) is 12.8 Å². The quantitative estimate of drug-likeness (QED) is 0.814. The molecular weight excluding hydrogens is 240 g/mol. The highest BCUT2D eigenvalue weighted by Crippen LogP contribution is 2.11. The Labute approximate surface area is 104 Å². The zero-order valence-electron chi connectivity index (χ0n) is 9.90. The average molecular weight is 256 g/mol. The van der Waals surface area contributed by atoms with Gasteiger partial charge in [0.1, 0.15) is 5.01 Å². The van der Waals surface area contributed by atoms with Crippen LogP contribution in [0.2, 0.25) is 0 Å². The smallest absolute Gasteiger partial charge is 0.355 e. The number of aromatic nitrogens is 1. The van der Waals surface area contributed by atoms with E-state index in [2.05, 4.69) is 10.3 Å². The van der Waals surface area contributed by atoms with Crippen LogP contribution in [0.3, 0.4) is 0 Å². The molecule has 0 bridgehead atoms. The third-order valence-electron chi connectivity index (χ3n) is 2.54. The number of aromatic carboxylic acids is 1. The Morgan fingerprint density at radius 3 is 2.59 bits per heavy atom. The highest BCUT2D eigenvalue weighted by Gasteiger charge is 2.14. The van der Waals surface area contributed by atoms with E-state index in [4.69, 9.17) is 5.11 Å².